The molecule has 130 valence electrons. The Labute approximate surface area is 147 Å². The Morgan fingerprint density at radius 3 is 3.00 bits per heavy atom. The Hall–Kier alpha value is -3.68. The molecule has 0 unspecified atom stereocenters. The molecule has 0 aliphatic carbocycles. The van der Waals surface area contributed by atoms with Crippen molar-refractivity contribution in [2.75, 3.05) is 7.11 Å². The van der Waals surface area contributed by atoms with Crippen LogP contribution in [0.2, 0.25) is 0 Å². The van der Waals surface area contributed by atoms with Crippen LogP contribution in [0.15, 0.2) is 53.3 Å². The molecule has 0 saturated heterocycles. The van der Waals surface area contributed by atoms with Crippen LogP contribution < -0.4 is 5.32 Å². The van der Waals surface area contributed by atoms with Crippen LogP contribution in [0.3, 0.4) is 0 Å². The fourth-order valence-electron chi connectivity index (χ4n) is 2.72. The van der Waals surface area contributed by atoms with Gasteiger partial charge < -0.3 is 14.5 Å². The van der Waals surface area contributed by atoms with Crippen LogP contribution in [-0.4, -0.2) is 33.6 Å². The van der Waals surface area contributed by atoms with Gasteiger partial charge in [-0.05, 0) is 18.2 Å². The molecule has 0 spiro atoms. The Morgan fingerprint density at radius 1 is 1.27 bits per heavy atom. The molecule has 3 aromatic heterocycles. The molecule has 4 rings (SSSR count). The van der Waals surface area contributed by atoms with Gasteiger partial charge in [-0.3, -0.25) is 4.79 Å². The van der Waals surface area contributed by atoms with E-state index in [4.69, 9.17) is 9.15 Å². The van der Waals surface area contributed by atoms with Gasteiger partial charge in [0.1, 0.15) is 22.5 Å². The number of hydrogen-bond acceptors (Lipinski definition) is 6. The molecular formula is C18H14N4O4. The number of ether oxygens (including phenoxy) is 1. The maximum atomic E-state index is 12.4. The van der Waals surface area contributed by atoms with Crippen LogP contribution in [0, 0.1) is 0 Å². The van der Waals surface area contributed by atoms with Crippen LogP contribution in [0.5, 0.6) is 0 Å². The van der Waals surface area contributed by atoms with E-state index in [-0.39, 0.29) is 12.5 Å². The lowest BCUT2D eigenvalue weighted by Gasteiger charge is -2.01. The monoisotopic (exact) mass is 350 g/mol. The topological polar surface area (TPSA) is 98.7 Å². The third-order valence-electron chi connectivity index (χ3n) is 3.95. The summed E-state index contributed by atoms with van der Waals surface area (Å²) in [6, 6.07) is 8.71. The van der Waals surface area contributed by atoms with E-state index in [1.54, 1.807) is 36.7 Å². The quantitative estimate of drug-likeness (QED) is 0.567. The molecule has 0 radical (unpaired) electrons. The van der Waals surface area contributed by atoms with Gasteiger partial charge in [0.2, 0.25) is 0 Å². The van der Waals surface area contributed by atoms with Crippen molar-refractivity contribution >= 4 is 28.5 Å². The summed E-state index contributed by atoms with van der Waals surface area (Å²) in [6.07, 6.45) is 4.78. The summed E-state index contributed by atoms with van der Waals surface area (Å²) in [5, 5.41) is 7.62. The van der Waals surface area contributed by atoms with E-state index in [0.717, 1.165) is 5.39 Å². The third kappa shape index (κ3) is 2.67. The first-order valence-electron chi connectivity index (χ1n) is 7.83. The molecule has 4 aromatic rings. The van der Waals surface area contributed by atoms with Crippen LogP contribution >= 0.6 is 0 Å². The molecule has 26 heavy (non-hydrogen) atoms. The number of nitrogens with one attached hydrogen (secondary N) is 1. The zero-order chi connectivity index (χ0) is 18.1. The highest BCUT2D eigenvalue weighted by molar-refractivity contribution is 6.02. The number of esters is 1. The first-order valence-corrected chi connectivity index (χ1v) is 7.83. The maximum Gasteiger partial charge on any atom is 0.341 e. The van der Waals surface area contributed by atoms with Crippen molar-refractivity contribution in [3.63, 3.8) is 0 Å². The number of carbonyl (C=O) groups excluding carboxylic acids is 2. The van der Waals surface area contributed by atoms with Gasteiger partial charge in [-0.2, -0.15) is 5.10 Å². The number of amides is 1. The van der Waals surface area contributed by atoms with Crippen molar-refractivity contribution in [3.05, 3.63) is 65.8 Å². The highest BCUT2D eigenvalue weighted by Gasteiger charge is 2.17. The number of hydrogen-bond donors (Lipinski definition) is 1. The van der Waals surface area contributed by atoms with Crippen molar-refractivity contribution in [3.8, 4) is 0 Å². The second-order valence-electron chi connectivity index (χ2n) is 5.56. The molecule has 8 heteroatoms. The molecule has 1 aromatic carbocycles. The number of fused-ring (bicyclic) bond motifs is 2. The lowest BCUT2D eigenvalue weighted by atomic mass is 10.1. The molecular weight excluding hydrogens is 336 g/mol. The fraction of sp³-hybridized carbons (Fsp3) is 0.111. The zero-order valence-corrected chi connectivity index (χ0v) is 13.8. The Balaban J connectivity index is 1.56. The van der Waals surface area contributed by atoms with E-state index >= 15 is 0 Å². The minimum Gasteiger partial charge on any atom is -0.465 e. The number of rotatable bonds is 4. The fourth-order valence-corrected chi connectivity index (χ4v) is 2.72. The number of benzene rings is 1. The van der Waals surface area contributed by atoms with Crippen molar-refractivity contribution in [2.45, 2.75) is 6.54 Å². The number of para-hydroxylation sites is 1. The van der Waals surface area contributed by atoms with Crippen LogP contribution in [-0.2, 0) is 11.3 Å². The van der Waals surface area contributed by atoms with Gasteiger partial charge in [0, 0.05) is 17.8 Å². The van der Waals surface area contributed by atoms with Crippen molar-refractivity contribution in [2.24, 2.45) is 0 Å². The number of nitrogens with zero attached hydrogens (tertiary/aromatic N) is 3. The van der Waals surface area contributed by atoms with Gasteiger partial charge in [0.05, 0.1) is 19.9 Å². The average Bonchev–Trinajstić information content (AvgIpc) is 3.29. The highest BCUT2D eigenvalue weighted by Crippen LogP contribution is 2.24. The van der Waals surface area contributed by atoms with Gasteiger partial charge in [-0.1, -0.05) is 12.1 Å². The highest BCUT2D eigenvalue weighted by atomic mass is 16.5. The molecule has 3 heterocycles. The minimum atomic E-state index is -0.474. The molecule has 0 saturated carbocycles. The Morgan fingerprint density at radius 2 is 2.15 bits per heavy atom. The lowest BCUT2D eigenvalue weighted by molar-refractivity contribution is 0.0601. The average molecular weight is 350 g/mol. The first-order chi connectivity index (χ1) is 12.7. The van der Waals surface area contributed by atoms with E-state index in [2.05, 4.69) is 15.4 Å². The number of furan rings is 1. The maximum absolute atomic E-state index is 12.4. The smallest absolute Gasteiger partial charge is 0.341 e. The van der Waals surface area contributed by atoms with E-state index in [9.17, 15) is 9.59 Å². The summed E-state index contributed by atoms with van der Waals surface area (Å²) in [5.41, 5.74) is 1.62. The second-order valence-corrected chi connectivity index (χ2v) is 5.56. The number of methoxy groups -OCH3 is 1. The lowest BCUT2D eigenvalue weighted by Crippen LogP contribution is -2.22. The molecule has 0 bridgehead atoms. The van der Waals surface area contributed by atoms with E-state index in [1.165, 1.54) is 17.8 Å². The predicted octanol–water partition coefficient (Wildman–Crippen LogP) is 2.19. The summed E-state index contributed by atoms with van der Waals surface area (Å²) in [5.74, 6) is -0.264. The SMILES string of the molecule is COC(=O)c1cccc2cc(CNC(=O)c3cnn4cccnc34)oc12. The van der Waals surface area contributed by atoms with E-state index in [1.807, 2.05) is 6.07 Å². The summed E-state index contributed by atoms with van der Waals surface area (Å²) < 4.78 is 12.0. The molecule has 1 amide bonds. The van der Waals surface area contributed by atoms with Crippen LogP contribution in [0.25, 0.3) is 16.6 Å². The van der Waals surface area contributed by atoms with Crippen molar-refractivity contribution in [1.82, 2.24) is 19.9 Å². The van der Waals surface area contributed by atoms with Gasteiger partial charge >= 0.3 is 5.97 Å². The van der Waals surface area contributed by atoms with Gasteiger partial charge in [0.25, 0.3) is 5.91 Å². The molecule has 0 atom stereocenters. The summed E-state index contributed by atoms with van der Waals surface area (Å²) in [6.45, 7) is 0.165. The van der Waals surface area contributed by atoms with Crippen molar-refractivity contribution < 1.29 is 18.7 Å². The standard InChI is InChI=1S/C18H14N4O4/c1-25-18(24)13-5-2-4-11-8-12(26-15(11)13)9-20-17(23)14-10-21-22-7-3-6-19-16(14)22/h2-8,10H,9H2,1H3,(H,20,23). The first kappa shape index (κ1) is 15.8. The van der Waals surface area contributed by atoms with Gasteiger partial charge in [-0.15, -0.1) is 0 Å². The van der Waals surface area contributed by atoms with Crippen LogP contribution in [0.4, 0.5) is 0 Å². The normalized spacial score (nSPS) is 11.0. The van der Waals surface area contributed by atoms with E-state index in [0.29, 0.717) is 28.1 Å². The van der Waals surface area contributed by atoms with Crippen molar-refractivity contribution in [1.29, 1.82) is 0 Å². The number of carbonyl (C=O) groups is 2. The largest absolute Gasteiger partial charge is 0.465 e. The molecule has 0 aliphatic heterocycles. The van der Waals surface area contributed by atoms with Crippen LogP contribution in [0.1, 0.15) is 26.5 Å². The molecule has 1 N–H and O–H groups in total. The van der Waals surface area contributed by atoms with E-state index < -0.39 is 5.97 Å². The molecule has 0 fully saturated rings. The second kappa shape index (κ2) is 6.32. The molecule has 8 nitrogen and oxygen atoms in total. The summed E-state index contributed by atoms with van der Waals surface area (Å²) in [7, 11) is 1.31. The third-order valence-corrected chi connectivity index (χ3v) is 3.95. The predicted molar refractivity (Wildman–Crippen MR) is 91.7 cm³/mol. The number of aromatic nitrogens is 3. The van der Waals surface area contributed by atoms with Gasteiger partial charge in [-0.25, -0.2) is 14.3 Å². The van der Waals surface area contributed by atoms with Gasteiger partial charge in [0.15, 0.2) is 5.65 Å². The zero-order valence-electron chi connectivity index (χ0n) is 13.8. The Kier molecular flexibility index (Phi) is 3.85. The summed E-state index contributed by atoms with van der Waals surface area (Å²) in [4.78, 5) is 28.4. The Bertz CT molecular complexity index is 1130. The molecule has 0 aliphatic rings. The summed E-state index contributed by atoms with van der Waals surface area (Å²) >= 11 is 0. The minimum absolute atomic E-state index is 0.165.